The molecule has 8 heteroatoms. The highest BCUT2D eigenvalue weighted by Crippen LogP contribution is 2.40. The van der Waals surface area contributed by atoms with E-state index < -0.39 is 17.9 Å². The largest absolute Gasteiger partial charge is 0.511 e. The number of halogens is 4. The van der Waals surface area contributed by atoms with Crippen LogP contribution in [0.3, 0.4) is 0 Å². The van der Waals surface area contributed by atoms with Gasteiger partial charge < -0.3 is 14.4 Å². The summed E-state index contributed by atoms with van der Waals surface area (Å²) < 4.78 is 46.3. The number of alkyl halides is 3. The van der Waals surface area contributed by atoms with Gasteiger partial charge in [0.25, 0.3) is 0 Å². The summed E-state index contributed by atoms with van der Waals surface area (Å²) in [5.74, 6) is 0.479. The number of rotatable bonds is 4. The average molecular weight is 416 g/mol. The van der Waals surface area contributed by atoms with Crippen molar-refractivity contribution < 1.29 is 27.8 Å². The Morgan fingerprint density at radius 1 is 1.25 bits per heavy atom. The Bertz CT molecular complexity index is 870. The highest BCUT2D eigenvalue weighted by molar-refractivity contribution is 6.33. The molecule has 0 atom stereocenters. The third kappa shape index (κ3) is 4.46. The summed E-state index contributed by atoms with van der Waals surface area (Å²) >= 11 is 6.23. The molecule has 1 aliphatic rings. The van der Waals surface area contributed by atoms with Gasteiger partial charge in [0.05, 0.1) is 17.0 Å². The van der Waals surface area contributed by atoms with Gasteiger partial charge in [0, 0.05) is 23.2 Å². The topological polar surface area (TPSA) is 51.5 Å². The van der Waals surface area contributed by atoms with E-state index >= 15 is 0 Å². The van der Waals surface area contributed by atoms with E-state index in [2.05, 4.69) is 0 Å². The first-order chi connectivity index (χ1) is 13.2. The molecule has 3 rings (SSSR count). The highest BCUT2D eigenvalue weighted by atomic mass is 35.5. The zero-order valence-electron chi connectivity index (χ0n) is 15.4. The van der Waals surface area contributed by atoms with Crippen molar-refractivity contribution in [1.29, 1.82) is 0 Å². The van der Waals surface area contributed by atoms with E-state index in [-0.39, 0.29) is 16.3 Å². The Morgan fingerprint density at radius 3 is 2.54 bits per heavy atom. The van der Waals surface area contributed by atoms with E-state index in [1.165, 1.54) is 18.6 Å². The van der Waals surface area contributed by atoms with Gasteiger partial charge in [-0.2, -0.15) is 13.2 Å². The first-order valence-corrected chi connectivity index (χ1v) is 9.52. The predicted molar refractivity (Wildman–Crippen MR) is 99.8 cm³/mol. The van der Waals surface area contributed by atoms with Crippen LogP contribution in [0.15, 0.2) is 24.3 Å². The molecule has 4 nitrogen and oxygen atoms in total. The molecular formula is C20H21ClF3NO3. The van der Waals surface area contributed by atoms with Crippen molar-refractivity contribution in [3.63, 3.8) is 0 Å². The van der Waals surface area contributed by atoms with E-state index in [0.29, 0.717) is 23.9 Å². The van der Waals surface area contributed by atoms with Crippen molar-refractivity contribution in [2.24, 2.45) is 5.92 Å². The Balaban J connectivity index is 2.09. The predicted octanol–water partition coefficient (Wildman–Crippen LogP) is 6.77. The molecule has 1 heterocycles. The minimum atomic E-state index is -4.50. The number of hydrogen-bond acceptors (Lipinski definition) is 2. The number of hydrogen-bond donors (Lipinski definition) is 1. The molecule has 0 aliphatic heterocycles. The quantitative estimate of drug-likeness (QED) is 0.560. The molecule has 0 bridgehead atoms. The van der Waals surface area contributed by atoms with Gasteiger partial charge in [0.15, 0.2) is 5.75 Å². The van der Waals surface area contributed by atoms with Crippen molar-refractivity contribution in [3.8, 4) is 17.0 Å². The van der Waals surface area contributed by atoms with E-state index in [4.69, 9.17) is 21.4 Å². The lowest BCUT2D eigenvalue weighted by Gasteiger charge is -2.24. The highest BCUT2D eigenvalue weighted by Gasteiger charge is 2.32. The van der Waals surface area contributed by atoms with E-state index in [9.17, 15) is 18.0 Å². The van der Waals surface area contributed by atoms with Crippen molar-refractivity contribution in [1.82, 2.24) is 4.57 Å². The molecule has 1 fully saturated rings. The van der Waals surface area contributed by atoms with Gasteiger partial charge in [-0.15, -0.1) is 0 Å². The van der Waals surface area contributed by atoms with Crippen LogP contribution in [0.4, 0.5) is 18.0 Å². The van der Waals surface area contributed by atoms with Gasteiger partial charge in [-0.3, -0.25) is 0 Å². The Kier molecular flexibility index (Phi) is 5.93. The van der Waals surface area contributed by atoms with Crippen LogP contribution in [0.2, 0.25) is 5.02 Å². The van der Waals surface area contributed by atoms with Gasteiger partial charge in [0.1, 0.15) is 0 Å². The van der Waals surface area contributed by atoms with Crippen molar-refractivity contribution in [3.05, 3.63) is 40.5 Å². The fraction of sp³-hybridized carbons (Fsp3) is 0.450. The normalized spacial score (nSPS) is 15.6. The van der Waals surface area contributed by atoms with Gasteiger partial charge in [-0.25, -0.2) is 4.79 Å². The Morgan fingerprint density at radius 2 is 1.93 bits per heavy atom. The summed E-state index contributed by atoms with van der Waals surface area (Å²) in [6, 6.07) is 4.60. The molecule has 1 aromatic heterocycles. The average Bonchev–Trinajstić information content (AvgIpc) is 2.91. The molecule has 0 unspecified atom stereocenters. The summed E-state index contributed by atoms with van der Waals surface area (Å²) in [6.45, 7) is 2.28. The molecule has 0 spiro atoms. The van der Waals surface area contributed by atoms with Crippen LogP contribution >= 0.6 is 11.6 Å². The second-order valence-electron chi connectivity index (χ2n) is 7.15. The zero-order chi connectivity index (χ0) is 20.5. The fourth-order valence-electron chi connectivity index (χ4n) is 3.80. The van der Waals surface area contributed by atoms with E-state index in [1.54, 1.807) is 6.92 Å². The molecule has 1 aromatic carbocycles. The van der Waals surface area contributed by atoms with Gasteiger partial charge in [-0.1, -0.05) is 30.9 Å². The van der Waals surface area contributed by atoms with Crippen LogP contribution in [-0.4, -0.2) is 15.8 Å². The lowest BCUT2D eigenvalue weighted by atomic mass is 9.89. The maximum absolute atomic E-state index is 13.2. The lowest BCUT2D eigenvalue weighted by Crippen LogP contribution is -2.16. The zero-order valence-corrected chi connectivity index (χ0v) is 16.1. The molecule has 28 heavy (non-hydrogen) atoms. The molecule has 0 radical (unpaired) electrons. The first kappa shape index (κ1) is 20.6. The molecule has 0 saturated heterocycles. The van der Waals surface area contributed by atoms with Gasteiger partial charge in [0.2, 0.25) is 0 Å². The summed E-state index contributed by atoms with van der Waals surface area (Å²) in [5, 5.41) is 9.15. The minimum Gasteiger partial charge on any atom is -0.449 e. The summed E-state index contributed by atoms with van der Waals surface area (Å²) in [4.78, 5) is 11.0. The molecule has 1 aliphatic carbocycles. The third-order valence-corrected chi connectivity index (χ3v) is 5.58. The number of carboxylic acid groups (broad SMARTS) is 1. The van der Waals surface area contributed by atoms with E-state index in [1.807, 2.05) is 4.57 Å². The van der Waals surface area contributed by atoms with Crippen LogP contribution in [-0.2, 0) is 12.7 Å². The third-order valence-electron chi connectivity index (χ3n) is 5.25. The van der Waals surface area contributed by atoms with Gasteiger partial charge >= 0.3 is 12.3 Å². The molecular weight excluding hydrogens is 395 g/mol. The maximum atomic E-state index is 13.2. The number of carbonyl (C=O) groups is 1. The second-order valence-corrected chi connectivity index (χ2v) is 7.56. The Hall–Kier alpha value is -2.15. The van der Waals surface area contributed by atoms with Crippen LogP contribution in [0.1, 0.15) is 43.4 Å². The Labute approximate surface area is 165 Å². The van der Waals surface area contributed by atoms with Gasteiger partial charge in [-0.05, 0) is 43.9 Å². The summed E-state index contributed by atoms with van der Waals surface area (Å²) in [5.41, 5.74) is 0.373. The summed E-state index contributed by atoms with van der Waals surface area (Å²) in [7, 11) is 0. The molecule has 0 amide bonds. The number of ether oxygens (including phenoxy) is 1. The van der Waals surface area contributed by atoms with E-state index in [0.717, 1.165) is 37.8 Å². The standard InChI is InChI=1S/C20H21ClF3NO3/c1-12-18(28-19(26)27)10-17(25(12)11-13-5-3-2-4-6-13)15-9-14(20(22,23)24)7-8-16(15)21/h7-10,13H,2-6,11H2,1H3,(H,26,27). The first-order valence-electron chi connectivity index (χ1n) is 9.15. The fourth-order valence-corrected chi connectivity index (χ4v) is 4.02. The van der Waals surface area contributed by atoms with Crippen LogP contribution in [0, 0.1) is 12.8 Å². The number of benzene rings is 1. The molecule has 1 saturated carbocycles. The molecule has 2 aromatic rings. The smallest absolute Gasteiger partial charge is 0.449 e. The van der Waals surface area contributed by atoms with Crippen LogP contribution in [0.25, 0.3) is 11.3 Å². The molecule has 1 N–H and O–H groups in total. The van der Waals surface area contributed by atoms with Crippen molar-refractivity contribution in [2.45, 2.75) is 51.7 Å². The number of aromatic nitrogens is 1. The van der Waals surface area contributed by atoms with Crippen LogP contribution < -0.4 is 4.74 Å². The monoisotopic (exact) mass is 415 g/mol. The maximum Gasteiger partial charge on any atom is 0.511 e. The van der Waals surface area contributed by atoms with Crippen LogP contribution in [0.5, 0.6) is 5.75 Å². The SMILES string of the molecule is Cc1c(OC(=O)O)cc(-c2cc(C(F)(F)F)ccc2Cl)n1CC1CCCCC1. The van der Waals surface area contributed by atoms with Crippen molar-refractivity contribution >= 4 is 17.8 Å². The second kappa shape index (κ2) is 8.07. The lowest BCUT2D eigenvalue weighted by molar-refractivity contribution is -0.137. The molecule has 152 valence electrons. The summed E-state index contributed by atoms with van der Waals surface area (Å²) in [6.07, 6.45) is -0.507. The number of nitrogens with zero attached hydrogens (tertiary/aromatic N) is 1. The van der Waals surface area contributed by atoms with Crippen molar-refractivity contribution in [2.75, 3.05) is 0 Å². The minimum absolute atomic E-state index is 0.104.